The quantitative estimate of drug-likeness (QED) is 0.720. The van der Waals surface area contributed by atoms with E-state index in [2.05, 4.69) is 30.2 Å². The van der Waals surface area contributed by atoms with Crippen molar-refractivity contribution in [2.45, 2.75) is 32.7 Å². The maximum absolute atomic E-state index is 5.10. The summed E-state index contributed by atoms with van der Waals surface area (Å²) in [6.07, 6.45) is 5.97. The average molecular weight is 222 g/mol. The van der Waals surface area contributed by atoms with Crippen LogP contribution < -0.4 is 5.32 Å². The molecule has 0 aromatic carbocycles. The van der Waals surface area contributed by atoms with Gasteiger partial charge in [0.25, 0.3) is 0 Å². The van der Waals surface area contributed by atoms with E-state index in [1.54, 1.807) is 7.11 Å². The number of aryl methyl sites for hydroxylation is 1. The van der Waals surface area contributed by atoms with E-state index >= 15 is 0 Å². The van der Waals surface area contributed by atoms with E-state index in [1.807, 2.05) is 12.4 Å². The molecule has 0 aliphatic carbocycles. The molecule has 1 rings (SSSR count). The van der Waals surface area contributed by atoms with Crippen LogP contribution in [0.3, 0.4) is 0 Å². The molecule has 0 bridgehead atoms. The fourth-order valence-corrected chi connectivity index (χ4v) is 1.92. The molecular formula is C13H22N2O. The summed E-state index contributed by atoms with van der Waals surface area (Å²) >= 11 is 0. The van der Waals surface area contributed by atoms with E-state index in [1.165, 1.54) is 11.1 Å². The van der Waals surface area contributed by atoms with E-state index in [-0.39, 0.29) is 0 Å². The van der Waals surface area contributed by atoms with Gasteiger partial charge in [-0.25, -0.2) is 0 Å². The summed E-state index contributed by atoms with van der Waals surface area (Å²) < 4.78 is 5.10. The minimum atomic E-state index is 0.420. The van der Waals surface area contributed by atoms with Gasteiger partial charge in [0.05, 0.1) is 0 Å². The molecule has 3 nitrogen and oxygen atoms in total. The van der Waals surface area contributed by atoms with Crippen molar-refractivity contribution in [2.75, 3.05) is 20.3 Å². The zero-order valence-electron chi connectivity index (χ0n) is 10.5. The van der Waals surface area contributed by atoms with E-state index < -0.39 is 0 Å². The lowest BCUT2D eigenvalue weighted by atomic mass is 9.99. The van der Waals surface area contributed by atoms with Gasteiger partial charge >= 0.3 is 0 Å². The minimum Gasteiger partial charge on any atom is -0.385 e. The number of pyridine rings is 1. The summed E-state index contributed by atoms with van der Waals surface area (Å²) in [5.41, 5.74) is 2.61. The summed E-state index contributed by atoms with van der Waals surface area (Å²) in [4.78, 5) is 4.13. The van der Waals surface area contributed by atoms with Crippen LogP contribution in [0.2, 0.25) is 0 Å². The van der Waals surface area contributed by atoms with E-state index in [4.69, 9.17) is 4.74 Å². The third-order valence-corrected chi connectivity index (χ3v) is 2.73. The maximum Gasteiger partial charge on any atom is 0.0462 e. The molecule has 0 saturated heterocycles. The largest absolute Gasteiger partial charge is 0.385 e. The molecule has 0 aliphatic rings. The van der Waals surface area contributed by atoms with Crippen molar-refractivity contribution in [3.05, 3.63) is 29.6 Å². The summed E-state index contributed by atoms with van der Waals surface area (Å²) in [6.45, 7) is 6.06. The smallest absolute Gasteiger partial charge is 0.0462 e. The van der Waals surface area contributed by atoms with Crippen LogP contribution in [-0.4, -0.2) is 25.2 Å². The lowest BCUT2D eigenvalue weighted by Gasteiger charge is -2.19. The van der Waals surface area contributed by atoms with Crippen LogP contribution in [0.4, 0.5) is 0 Å². The topological polar surface area (TPSA) is 34.1 Å². The Morgan fingerprint density at radius 1 is 1.50 bits per heavy atom. The van der Waals surface area contributed by atoms with Crippen molar-refractivity contribution in [1.29, 1.82) is 0 Å². The molecule has 0 radical (unpaired) electrons. The number of aromatic nitrogens is 1. The predicted octanol–water partition coefficient (Wildman–Crippen LogP) is 2.47. The Morgan fingerprint density at radius 2 is 2.31 bits per heavy atom. The van der Waals surface area contributed by atoms with Gasteiger partial charge in [-0.3, -0.25) is 4.98 Å². The van der Waals surface area contributed by atoms with Gasteiger partial charge in [-0.15, -0.1) is 0 Å². The molecule has 1 unspecified atom stereocenters. The second kappa shape index (κ2) is 7.36. The third-order valence-electron chi connectivity index (χ3n) is 2.73. The molecule has 0 spiro atoms. The standard InChI is InChI=1S/C13H22N2O/c1-4-15-13(6-5-9-16-3)12-7-8-14-10-11(12)2/h7-8,10,13,15H,4-6,9H2,1-3H3. The number of hydrogen-bond donors (Lipinski definition) is 1. The van der Waals surface area contributed by atoms with Crippen molar-refractivity contribution in [3.63, 3.8) is 0 Å². The Bertz CT molecular complexity index is 302. The fourth-order valence-electron chi connectivity index (χ4n) is 1.92. The highest BCUT2D eigenvalue weighted by molar-refractivity contribution is 5.25. The van der Waals surface area contributed by atoms with Gasteiger partial charge in [-0.05, 0) is 43.5 Å². The van der Waals surface area contributed by atoms with Gasteiger partial charge in [0.1, 0.15) is 0 Å². The summed E-state index contributed by atoms with van der Waals surface area (Å²) in [7, 11) is 1.75. The van der Waals surface area contributed by atoms with E-state index in [0.717, 1.165) is 26.0 Å². The van der Waals surface area contributed by atoms with Gasteiger partial charge in [0, 0.05) is 32.2 Å². The summed E-state index contributed by atoms with van der Waals surface area (Å²) in [5, 5.41) is 3.52. The van der Waals surface area contributed by atoms with Crippen LogP contribution in [-0.2, 0) is 4.74 Å². The first-order chi connectivity index (χ1) is 7.79. The Morgan fingerprint density at radius 3 is 2.94 bits per heavy atom. The first-order valence-corrected chi connectivity index (χ1v) is 5.92. The predicted molar refractivity (Wildman–Crippen MR) is 66.5 cm³/mol. The first-order valence-electron chi connectivity index (χ1n) is 5.92. The van der Waals surface area contributed by atoms with Gasteiger partial charge < -0.3 is 10.1 Å². The Hall–Kier alpha value is -0.930. The number of ether oxygens (including phenoxy) is 1. The maximum atomic E-state index is 5.10. The molecule has 90 valence electrons. The molecule has 0 aliphatic heterocycles. The second-order valence-corrected chi connectivity index (χ2v) is 3.98. The van der Waals surface area contributed by atoms with Crippen molar-refractivity contribution >= 4 is 0 Å². The first kappa shape index (κ1) is 13.1. The molecule has 1 atom stereocenters. The Labute approximate surface area is 98.2 Å². The molecular weight excluding hydrogens is 200 g/mol. The molecule has 0 saturated carbocycles. The van der Waals surface area contributed by atoms with Crippen molar-refractivity contribution in [1.82, 2.24) is 10.3 Å². The molecule has 1 N–H and O–H groups in total. The molecule has 1 heterocycles. The van der Waals surface area contributed by atoms with E-state index in [9.17, 15) is 0 Å². The van der Waals surface area contributed by atoms with Crippen molar-refractivity contribution in [2.24, 2.45) is 0 Å². The monoisotopic (exact) mass is 222 g/mol. The highest BCUT2D eigenvalue weighted by Gasteiger charge is 2.11. The highest BCUT2D eigenvalue weighted by Crippen LogP contribution is 2.20. The molecule has 3 heteroatoms. The third kappa shape index (κ3) is 3.91. The Balaban J connectivity index is 2.65. The SMILES string of the molecule is CCNC(CCCOC)c1ccncc1C. The average Bonchev–Trinajstić information content (AvgIpc) is 2.29. The van der Waals surface area contributed by atoms with Crippen LogP contribution in [0.1, 0.15) is 36.9 Å². The molecule has 16 heavy (non-hydrogen) atoms. The summed E-state index contributed by atoms with van der Waals surface area (Å²) in [5.74, 6) is 0. The van der Waals surface area contributed by atoms with Crippen molar-refractivity contribution in [3.8, 4) is 0 Å². The zero-order chi connectivity index (χ0) is 11.8. The van der Waals surface area contributed by atoms with Gasteiger partial charge in [-0.1, -0.05) is 6.92 Å². The minimum absolute atomic E-state index is 0.420. The number of methoxy groups -OCH3 is 1. The van der Waals surface area contributed by atoms with Crippen LogP contribution in [0, 0.1) is 6.92 Å². The highest BCUT2D eigenvalue weighted by atomic mass is 16.5. The molecule has 1 aromatic rings. The number of hydrogen-bond acceptors (Lipinski definition) is 3. The van der Waals surface area contributed by atoms with Crippen molar-refractivity contribution < 1.29 is 4.74 Å². The molecule has 1 aromatic heterocycles. The second-order valence-electron chi connectivity index (χ2n) is 3.98. The van der Waals surface area contributed by atoms with Gasteiger partial charge in [0.2, 0.25) is 0 Å². The lowest BCUT2D eigenvalue weighted by Crippen LogP contribution is -2.22. The van der Waals surface area contributed by atoms with Crippen LogP contribution in [0.5, 0.6) is 0 Å². The number of nitrogens with one attached hydrogen (secondary N) is 1. The van der Waals surface area contributed by atoms with Gasteiger partial charge in [-0.2, -0.15) is 0 Å². The Kier molecular flexibility index (Phi) is 6.04. The lowest BCUT2D eigenvalue weighted by molar-refractivity contribution is 0.189. The molecule has 0 fully saturated rings. The number of rotatable bonds is 7. The van der Waals surface area contributed by atoms with Crippen LogP contribution in [0.15, 0.2) is 18.5 Å². The number of nitrogens with zero attached hydrogens (tertiary/aromatic N) is 1. The van der Waals surface area contributed by atoms with E-state index in [0.29, 0.717) is 6.04 Å². The van der Waals surface area contributed by atoms with Crippen LogP contribution >= 0.6 is 0 Å². The van der Waals surface area contributed by atoms with Gasteiger partial charge in [0.15, 0.2) is 0 Å². The zero-order valence-corrected chi connectivity index (χ0v) is 10.5. The summed E-state index contributed by atoms with van der Waals surface area (Å²) in [6, 6.07) is 2.53. The molecule has 0 amide bonds. The van der Waals surface area contributed by atoms with Crippen LogP contribution in [0.25, 0.3) is 0 Å². The normalized spacial score (nSPS) is 12.7. The fraction of sp³-hybridized carbons (Fsp3) is 0.615.